The quantitative estimate of drug-likeness (QED) is 0.0558. The van der Waals surface area contributed by atoms with Crippen LogP contribution in [0, 0.1) is 94.2 Å². The maximum Gasteiger partial charge on any atom is 4.00 e. The predicted octanol–water partition coefficient (Wildman–Crippen LogP) is 25.5. The minimum absolute atomic E-state index is 0. The van der Waals surface area contributed by atoms with Crippen LogP contribution in [-0.2, 0) is 42.1 Å². The molecule has 0 amide bonds. The molecule has 18 heteroatoms. The van der Waals surface area contributed by atoms with E-state index in [0.717, 1.165) is 60.4 Å². The van der Waals surface area contributed by atoms with Gasteiger partial charge in [0.25, 0.3) is 0 Å². The van der Waals surface area contributed by atoms with Crippen LogP contribution >= 0.6 is 0 Å². The second kappa shape index (κ2) is 42.5. The Bertz CT molecular complexity index is 6340. The molecule has 132 heavy (non-hydrogen) atoms. The maximum absolute atomic E-state index is 8.32. The second-order valence-corrected chi connectivity index (χ2v) is 36.3. The minimum atomic E-state index is -2.58. The Kier molecular flexibility index (Phi) is 26.5. The molecule has 676 valence electrons. The standard InChI is InChI=1S/C38H45N4.C34H41N8.2C21H19BN.2Pt/c1-25(2)29-20-33(26(3)4)38(34(21-29)27(5)6)30-18-31(39-23-40(8)35-15-11-10-14-28(35)7)22-32(19-30)42-24-41(9)36-16-12-13-17-37(36)42;1-21(2)25-16-29(22(3)4)31(30(17-25)23(5)6)26-14-27(39-19-40(8)32-24(7)35-10-11-36-32)18-28(15-26)42-20-41(9)33-34(42)38-13-12-37-33;2*1-14-12-15(2)21(16(3)13-14)22-17-8-4-6-10-19(17)23-20-11-7-5-9-18(20)22;;/h10-21,23-27,39H,1-9H3;10-17,19-23,39H,1-9H3;2*4-13H,1-3H3;;/q2*-3;2*-1;2*+4/i2*8D3,9D3;;;;. The van der Waals surface area contributed by atoms with Crippen LogP contribution in [-0.4, -0.2) is 61.3 Å². The molecular formula is C114H124B2N14Pt2. The van der Waals surface area contributed by atoms with Crippen LogP contribution in [0.5, 0.6) is 0 Å². The number of rotatable bonds is 20. The Morgan fingerprint density at radius 3 is 1.17 bits per heavy atom. The van der Waals surface area contributed by atoms with E-state index in [0.29, 0.717) is 63.2 Å². The molecule has 0 saturated carbocycles. The summed E-state index contributed by atoms with van der Waals surface area (Å²) in [4.78, 5) is 25.5. The van der Waals surface area contributed by atoms with Crippen molar-refractivity contribution in [1.29, 1.82) is 0 Å². The molecule has 0 fully saturated rings. The van der Waals surface area contributed by atoms with Crippen molar-refractivity contribution in [2.75, 3.05) is 67.9 Å². The van der Waals surface area contributed by atoms with E-state index in [1.807, 2.05) is 72.5 Å². The Labute approximate surface area is 833 Å². The van der Waals surface area contributed by atoms with E-state index >= 15 is 0 Å². The van der Waals surface area contributed by atoms with Gasteiger partial charge in [0.2, 0.25) is 13.4 Å². The normalized spacial score (nSPS) is 14.3. The van der Waals surface area contributed by atoms with Gasteiger partial charge in [-0.3, -0.25) is 4.98 Å². The molecule has 0 atom stereocenters. The third kappa shape index (κ3) is 21.0. The van der Waals surface area contributed by atoms with Crippen molar-refractivity contribution in [3.05, 3.63) is 371 Å². The summed E-state index contributed by atoms with van der Waals surface area (Å²) < 4.78 is 98.8. The number of aromatic nitrogens is 4. The van der Waals surface area contributed by atoms with Gasteiger partial charge in [-0.25, -0.2) is 15.0 Å². The fourth-order valence-electron chi connectivity index (χ4n) is 18.5. The van der Waals surface area contributed by atoms with Crippen molar-refractivity contribution in [2.45, 2.75) is 174 Å². The summed E-state index contributed by atoms with van der Waals surface area (Å²) in [5.41, 5.74) is 37.0. The van der Waals surface area contributed by atoms with Crippen molar-refractivity contribution >= 4 is 126 Å². The van der Waals surface area contributed by atoms with Gasteiger partial charge in [0, 0.05) is 58.3 Å². The molecule has 0 saturated heterocycles. The summed E-state index contributed by atoms with van der Waals surface area (Å²) in [6, 6.07) is 81.9. The molecule has 2 N–H and O–H groups in total. The molecular weight excluding hydrogens is 1980 g/mol. The summed E-state index contributed by atoms with van der Waals surface area (Å²) >= 11 is 0. The van der Waals surface area contributed by atoms with Crippen LogP contribution in [0.4, 0.5) is 80.0 Å². The van der Waals surface area contributed by atoms with Gasteiger partial charge < -0.3 is 50.7 Å². The zero-order valence-corrected chi connectivity index (χ0v) is 83.6. The molecule has 12 aromatic carbocycles. The number of hydrogen-bond donors (Lipinski definition) is 2. The van der Waals surface area contributed by atoms with E-state index in [2.05, 4.69) is 313 Å². The largest absolute Gasteiger partial charge is 4.00 e. The van der Waals surface area contributed by atoms with Gasteiger partial charge in [-0.15, -0.1) is 99.7 Å². The Morgan fingerprint density at radius 1 is 0.386 bits per heavy atom. The number of hydrogen-bond acceptors (Lipinski definition) is 12. The van der Waals surface area contributed by atoms with E-state index in [1.165, 1.54) is 154 Å². The van der Waals surface area contributed by atoms with E-state index in [9.17, 15) is 0 Å². The number of anilines is 10. The topological polar surface area (TPSA) is 123 Å². The van der Waals surface area contributed by atoms with Gasteiger partial charge in [0.15, 0.2) is 0 Å². The fourth-order valence-corrected chi connectivity index (χ4v) is 18.5. The molecule has 18 rings (SSSR count). The molecule has 0 spiro atoms. The number of para-hydroxylation sites is 7. The Morgan fingerprint density at radius 2 is 0.758 bits per heavy atom. The smallest absolute Gasteiger partial charge is 0.659 e. The van der Waals surface area contributed by atoms with Crippen LogP contribution in [0.3, 0.4) is 0 Å². The molecule has 0 unspecified atom stereocenters. The van der Waals surface area contributed by atoms with Crippen LogP contribution in [0.25, 0.3) is 32.9 Å². The summed E-state index contributed by atoms with van der Waals surface area (Å²) in [6.45, 7) is 39.5. The average molecular weight is 2110 g/mol. The van der Waals surface area contributed by atoms with Gasteiger partial charge in [-0.2, -0.15) is 20.0 Å². The molecule has 0 bridgehead atoms. The number of nitrogens with one attached hydrogen (secondary N) is 2. The second-order valence-electron chi connectivity index (χ2n) is 36.3. The minimum Gasteiger partial charge on any atom is -0.659 e. The fraction of sp³-hybridized carbons (Fsp3) is 0.263. The molecule has 0 aliphatic carbocycles. The van der Waals surface area contributed by atoms with Crippen LogP contribution in [0.1, 0.15) is 213 Å². The van der Waals surface area contributed by atoms with Gasteiger partial charge >= 0.3 is 42.1 Å². The summed E-state index contributed by atoms with van der Waals surface area (Å²) in [5, 5.41) is 16.1. The predicted molar refractivity (Wildman–Crippen MR) is 556 cm³/mol. The summed E-state index contributed by atoms with van der Waals surface area (Å²) in [6.07, 6.45) is 5.91. The van der Waals surface area contributed by atoms with Crippen molar-refractivity contribution in [1.82, 2.24) is 19.9 Å². The van der Waals surface area contributed by atoms with Crippen molar-refractivity contribution in [3.8, 4) is 22.3 Å². The summed E-state index contributed by atoms with van der Waals surface area (Å²) in [5.74, 6) is 2.22. The number of fused-ring (bicyclic) bond motifs is 6. The zero-order valence-electron chi connectivity index (χ0n) is 91.0. The first-order valence-electron chi connectivity index (χ1n) is 51.1. The van der Waals surface area contributed by atoms with Gasteiger partial charge in [-0.1, -0.05) is 325 Å². The Balaban J connectivity index is 0.000000169. The number of nitrogens with zero attached hydrogens (tertiary/aromatic N) is 12. The molecule has 14 aromatic rings. The Hall–Kier alpha value is -11.7. The average Bonchev–Trinajstić information content (AvgIpc) is 1.36. The van der Waals surface area contributed by atoms with Crippen molar-refractivity contribution < 1.29 is 58.6 Å². The van der Waals surface area contributed by atoms with Crippen LogP contribution in [0.15, 0.2) is 243 Å². The maximum atomic E-state index is 8.32. The van der Waals surface area contributed by atoms with Crippen LogP contribution in [0.2, 0.25) is 0 Å². The van der Waals surface area contributed by atoms with Crippen LogP contribution < -0.4 is 72.8 Å². The van der Waals surface area contributed by atoms with E-state index < -0.39 is 27.9 Å². The first-order chi connectivity index (χ1) is 67.2. The monoisotopic (exact) mass is 2110 g/mol. The van der Waals surface area contributed by atoms with E-state index in [4.69, 9.17) is 27.1 Å². The number of benzene rings is 12. The molecule has 2 aromatic heterocycles. The van der Waals surface area contributed by atoms with Gasteiger partial charge in [0.05, 0.1) is 5.69 Å². The van der Waals surface area contributed by atoms with Crippen molar-refractivity contribution in [3.63, 3.8) is 0 Å². The van der Waals surface area contributed by atoms with E-state index in [1.54, 1.807) is 30.6 Å². The first kappa shape index (κ1) is 82.2. The third-order valence-electron chi connectivity index (χ3n) is 24.7. The first-order valence-corrected chi connectivity index (χ1v) is 45.1. The molecule has 4 aliphatic rings. The van der Waals surface area contributed by atoms with Crippen molar-refractivity contribution in [2.24, 2.45) is 0 Å². The molecule has 14 nitrogen and oxygen atoms in total. The molecule has 6 heterocycles. The zero-order chi connectivity index (χ0) is 102. The third-order valence-corrected chi connectivity index (χ3v) is 24.7. The molecule has 0 radical (unpaired) electrons. The SMILES string of the molecule is Cc1cc(C)c(B2c3ccccc3[N-]c3ccccc32)c(C)c1.Cc1cc(C)c(B2c3ccccc3[N-]c3ccccc32)c(C)c1.[2H]C([2H])([2H])N([CH-]Nc1[c-]c(N2[CH-]N(C([2H])([2H])[2H])c3ccccc32)cc(-c2c(C(C)C)cc(C(C)C)cc2C(C)C)c1)c1ccccc1C.[2H]C([2H])([2H])N([CH-]Nc1[c-]c(N2[CH-]N(C([2H])([2H])[2H])c3nccnc32)cc(-c2c(C(C)C)cc(C(C)C)cc2C(C)C)c1)c1nccnc1C.[Pt+4].[Pt+4]. The van der Waals surface area contributed by atoms with E-state index in [-0.39, 0.29) is 90.9 Å². The van der Waals surface area contributed by atoms with Gasteiger partial charge in [-0.05, 0) is 187 Å². The van der Waals surface area contributed by atoms with Gasteiger partial charge in [0.1, 0.15) is 17.5 Å². The number of aryl methyl sites for hydroxylation is 8. The molecule has 4 aliphatic heterocycles. The summed E-state index contributed by atoms with van der Waals surface area (Å²) in [7, 11) is 0.